The summed E-state index contributed by atoms with van der Waals surface area (Å²) in [4.78, 5) is 0. The van der Waals surface area contributed by atoms with E-state index in [1.54, 1.807) is 12.1 Å². The van der Waals surface area contributed by atoms with Crippen LogP contribution >= 0.6 is 11.6 Å². The fraction of sp³-hybridized carbons (Fsp3) is 0. The van der Waals surface area contributed by atoms with Gasteiger partial charge in [-0.3, -0.25) is 5.10 Å². The zero-order valence-electron chi connectivity index (χ0n) is 6.86. The van der Waals surface area contributed by atoms with Gasteiger partial charge in [0.1, 0.15) is 0 Å². The molecule has 3 N–H and O–H groups in total. The molecule has 0 saturated heterocycles. The monoisotopic (exact) mass is 231 g/mol. The van der Waals surface area contributed by atoms with Gasteiger partial charge in [0.25, 0.3) is 10.0 Å². The summed E-state index contributed by atoms with van der Waals surface area (Å²) in [5.41, 5.74) is 0.512. The van der Waals surface area contributed by atoms with Gasteiger partial charge in [0.2, 0.25) is 0 Å². The van der Waals surface area contributed by atoms with Gasteiger partial charge in [-0.25, -0.2) is 13.6 Å². The predicted molar refractivity (Wildman–Crippen MR) is 52.5 cm³/mol. The Morgan fingerprint density at radius 1 is 1.43 bits per heavy atom. The first kappa shape index (κ1) is 9.45. The molecule has 0 bridgehead atoms. The summed E-state index contributed by atoms with van der Waals surface area (Å²) in [5, 5.41) is 11.8. The number of H-pyrrole nitrogens is 1. The first-order valence-electron chi connectivity index (χ1n) is 3.65. The smallest absolute Gasteiger partial charge is 0.255 e. The van der Waals surface area contributed by atoms with Crippen LogP contribution in [0.1, 0.15) is 0 Å². The van der Waals surface area contributed by atoms with Gasteiger partial charge in [0.15, 0.2) is 5.03 Å². The van der Waals surface area contributed by atoms with E-state index in [1.807, 2.05) is 0 Å². The van der Waals surface area contributed by atoms with Crippen LogP contribution in [0, 0.1) is 0 Å². The van der Waals surface area contributed by atoms with Gasteiger partial charge in [-0.15, -0.1) is 0 Å². The van der Waals surface area contributed by atoms with Crippen LogP contribution in [0.2, 0.25) is 5.02 Å². The molecule has 0 aliphatic carbocycles. The van der Waals surface area contributed by atoms with E-state index in [0.717, 1.165) is 0 Å². The number of halogens is 1. The van der Waals surface area contributed by atoms with Crippen molar-refractivity contribution in [3.05, 3.63) is 23.2 Å². The van der Waals surface area contributed by atoms with E-state index in [9.17, 15) is 8.42 Å². The molecule has 0 saturated carbocycles. The molecule has 7 heteroatoms. The Morgan fingerprint density at radius 2 is 2.14 bits per heavy atom. The quantitative estimate of drug-likeness (QED) is 0.763. The number of nitrogens with two attached hydrogens (primary N) is 1. The van der Waals surface area contributed by atoms with Crippen LogP contribution in [0.5, 0.6) is 0 Å². The highest BCUT2D eigenvalue weighted by molar-refractivity contribution is 7.89. The summed E-state index contributed by atoms with van der Waals surface area (Å²) in [6.07, 6.45) is 0. The molecule has 2 rings (SSSR count). The number of benzene rings is 1. The number of hydrogen-bond acceptors (Lipinski definition) is 3. The molecular formula is C7H6ClN3O2S. The summed E-state index contributed by atoms with van der Waals surface area (Å²) < 4.78 is 22.2. The summed E-state index contributed by atoms with van der Waals surface area (Å²) >= 11 is 5.72. The second-order valence-corrected chi connectivity index (χ2v) is 4.69. The minimum absolute atomic E-state index is 0.116. The molecule has 14 heavy (non-hydrogen) atoms. The van der Waals surface area contributed by atoms with Gasteiger partial charge < -0.3 is 0 Å². The van der Waals surface area contributed by atoms with Crippen LogP contribution in [0.25, 0.3) is 10.9 Å². The molecule has 0 spiro atoms. The van der Waals surface area contributed by atoms with E-state index in [1.165, 1.54) is 6.07 Å². The second-order valence-electron chi connectivity index (χ2n) is 2.76. The van der Waals surface area contributed by atoms with Crippen LogP contribution in [-0.4, -0.2) is 18.6 Å². The minimum Gasteiger partial charge on any atom is -0.265 e. The van der Waals surface area contributed by atoms with Gasteiger partial charge in [0.05, 0.1) is 5.52 Å². The van der Waals surface area contributed by atoms with Crippen molar-refractivity contribution in [1.82, 2.24) is 10.2 Å². The van der Waals surface area contributed by atoms with Crippen LogP contribution in [0.3, 0.4) is 0 Å². The number of aromatic nitrogens is 2. The molecule has 1 heterocycles. The van der Waals surface area contributed by atoms with Crippen LogP contribution in [0.4, 0.5) is 0 Å². The van der Waals surface area contributed by atoms with Gasteiger partial charge in [-0.05, 0) is 18.2 Å². The third kappa shape index (κ3) is 1.47. The molecule has 1 aromatic heterocycles. The fourth-order valence-electron chi connectivity index (χ4n) is 1.18. The zero-order chi connectivity index (χ0) is 10.3. The number of hydrogen-bond donors (Lipinski definition) is 2. The molecule has 1 aromatic carbocycles. The van der Waals surface area contributed by atoms with E-state index in [-0.39, 0.29) is 5.03 Å². The van der Waals surface area contributed by atoms with Gasteiger partial charge in [0, 0.05) is 10.4 Å². The van der Waals surface area contributed by atoms with E-state index in [4.69, 9.17) is 16.7 Å². The van der Waals surface area contributed by atoms with Gasteiger partial charge in [-0.1, -0.05) is 11.6 Å². The second kappa shape index (κ2) is 2.94. The van der Waals surface area contributed by atoms with Crippen molar-refractivity contribution in [3.63, 3.8) is 0 Å². The summed E-state index contributed by atoms with van der Waals surface area (Å²) in [7, 11) is -3.78. The molecule has 0 aliphatic rings. The van der Waals surface area contributed by atoms with E-state index < -0.39 is 10.0 Å². The average molecular weight is 232 g/mol. The van der Waals surface area contributed by atoms with E-state index in [0.29, 0.717) is 15.9 Å². The Morgan fingerprint density at radius 3 is 2.79 bits per heavy atom. The molecule has 0 amide bonds. The van der Waals surface area contributed by atoms with Crippen LogP contribution in [0.15, 0.2) is 23.2 Å². The van der Waals surface area contributed by atoms with Gasteiger partial charge in [-0.2, -0.15) is 5.10 Å². The number of nitrogens with one attached hydrogen (secondary N) is 1. The highest BCUT2D eigenvalue weighted by atomic mass is 35.5. The maximum absolute atomic E-state index is 11.1. The molecule has 0 atom stereocenters. The number of sulfonamides is 1. The highest BCUT2D eigenvalue weighted by Crippen LogP contribution is 2.22. The average Bonchev–Trinajstić information content (AvgIpc) is 2.45. The van der Waals surface area contributed by atoms with Crippen molar-refractivity contribution >= 4 is 32.5 Å². The molecule has 0 aliphatic heterocycles. The van der Waals surface area contributed by atoms with Gasteiger partial charge >= 0.3 is 0 Å². The number of primary sulfonamides is 1. The highest BCUT2D eigenvalue weighted by Gasteiger charge is 2.15. The topological polar surface area (TPSA) is 88.8 Å². The molecule has 0 fully saturated rings. The van der Waals surface area contributed by atoms with Crippen molar-refractivity contribution in [2.45, 2.75) is 5.03 Å². The Bertz CT molecular complexity index is 590. The first-order valence-corrected chi connectivity index (χ1v) is 5.57. The van der Waals surface area contributed by atoms with Crippen molar-refractivity contribution in [2.75, 3.05) is 0 Å². The molecular weight excluding hydrogens is 226 g/mol. The summed E-state index contributed by atoms with van der Waals surface area (Å²) in [6.45, 7) is 0. The molecule has 0 radical (unpaired) electrons. The third-order valence-corrected chi connectivity index (χ3v) is 2.88. The Balaban J connectivity index is 2.87. The Hall–Kier alpha value is -1.11. The Labute approximate surface area is 84.9 Å². The minimum atomic E-state index is -3.78. The standard InChI is InChI=1S/C7H6ClN3O2S/c8-4-1-2-6-5(3-4)7(11-10-6)14(9,12)13/h1-3H,(H,10,11)(H2,9,12,13). The normalized spacial score (nSPS) is 12.1. The van der Waals surface area contributed by atoms with E-state index >= 15 is 0 Å². The lowest BCUT2D eigenvalue weighted by Crippen LogP contribution is -2.12. The lowest BCUT2D eigenvalue weighted by molar-refractivity contribution is 0.594. The van der Waals surface area contributed by atoms with Crippen LogP contribution < -0.4 is 5.14 Å². The molecule has 0 unspecified atom stereocenters. The number of nitrogens with zero attached hydrogens (tertiary/aromatic N) is 1. The SMILES string of the molecule is NS(=O)(=O)c1[nH]nc2ccc(Cl)cc12. The van der Waals surface area contributed by atoms with Crippen molar-refractivity contribution < 1.29 is 8.42 Å². The molecule has 74 valence electrons. The lowest BCUT2D eigenvalue weighted by Gasteiger charge is -1.94. The number of aromatic amines is 1. The summed E-state index contributed by atoms with van der Waals surface area (Å²) in [6, 6.07) is 4.74. The zero-order valence-corrected chi connectivity index (χ0v) is 8.43. The van der Waals surface area contributed by atoms with Crippen LogP contribution in [-0.2, 0) is 10.0 Å². The number of rotatable bonds is 1. The summed E-state index contributed by atoms with van der Waals surface area (Å²) in [5.74, 6) is 0. The third-order valence-electron chi connectivity index (χ3n) is 1.77. The van der Waals surface area contributed by atoms with Crippen molar-refractivity contribution in [2.24, 2.45) is 5.14 Å². The predicted octanol–water partition coefficient (Wildman–Crippen LogP) is 0.864. The molecule has 5 nitrogen and oxygen atoms in total. The Kier molecular flexibility index (Phi) is 1.99. The maximum Gasteiger partial charge on any atom is 0.255 e. The first-order chi connectivity index (χ1) is 6.48. The molecule has 2 aromatic rings. The largest absolute Gasteiger partial charge is 0.265 e. The number of fused-ring (bicyclic) bond motifs is 1. The maximum atomic E-state index is 11.1. The van der Waals surface area contributed by atoms with E-state index in [2.05, 4.69) is 10.2 Å². The van der Waals surface area contributed by atoms with Crippen molar-refractivity contribution in [3.8, 4) is 0 Å². The fourth-order valence-corrected chi connectivity index (χ4v) is 1.99. The van der Waals surface area contributed by atoms with Crippen molar-refractivity contribution in [1.29, 1.82) is 0 Å². The lowest BCUT2D eigenvalue weighted by atomic mass is 10.3.